The van der Waals surface area contributed by atoms with E-state index < -0.39 is 66.6 Å². The second-order valence-electron chi connectivity index (χ2n) is 12.3. The van der Waals surface area contributed by atoms with E-state index in [1.54, 1.807) is 0 Å². The quantitative estimate of drug-likeness (QED) is 0.0878. The van der Waals surface area contributed by atoms with Crippen LogP contribution < -0.4 is 10.9 Å². The number of aromatic amines is 1. The molecule has 8 atom stereocenters. The maximum absolute atomic E-state index is 12.3. The fraction of sp³-hybridized carbons (Fsp3) is 0.581. The number of aliphatic hydroxyl groups excluding tert-OH is 4. The highest BCUT2D eigenvalue weighted by Gasteiger charge is 2.46. The molecule has 6 rings (SSSR count). The summed E-state index contributed by atoms with van der Waals surface area (Å²) in [6, 6.07) is 0. The summed E-state index contributed by atoms with van der Waals surface area (Å²) in [5.41, 5.74) is 0.828. The molecule has 0 unspecified atom stereocenters. The van der Waals surface area contributed by atoms with Crippen LogP contribution in [0.4, 0.5) is 5.82 Å². The number of rotatable bonds is 15. The molecule has 19 heteroatoms. The lowest BCUT2D eigenvalue weighted by Crippen LogP contribution is -2.34. The van der Waals surface area contributed by atoms with Crippen molar-refractivity contribution in [3.8, 4) is 0 Å². The van der Waals surface area contributed by atoms with Crippen LogP contribution in [0.2, 0.25) is 0 Å². The van der Waals surface area contributed by atoms with E-state index in [1.807, 2.05) is 0 Å². The third-order valence-corrected chi connectivity index (χ3v) is 8.90. The molecule has 0 saturated carbocycles. The Morgan fingerprint density at radius 2 is 1.36 bits per heavy atom. The van der Waals surface area contributed by atoms with Gasteiger partial charge in [-0.3, -0.25) is 23.5 Å². The molecule has 6 heterocycles. The number of aliphatic hydroxyl groups is 4. The number of esters is 2. The van der Waals surface area contributed by atoms with Gasteiger partial charge in [-0.2, -0.15) is 0 Å². The first-order chi connectivity index (χ1) is 24.1. The summed E-state index contributed by atoms with van der Waals surface area (Å²) in [5, 5.41) is 44.9. The van der Waals surface area contributed by atoms with Crippen molar-refractivity contribution in [2.75, 3.05) is 13.2 Å². The molecule has 0 amide bonds. The van der Waals surface area contributed by atoms with Crippen LogP contribution in [0, 0.1) is 0 Å². The zero-order chi connectivity index (χ0) is 35.4. The molecule has 3 aromatic rings. The normalized spacial score (nSPS) is 27.4. The number of imidazole rings is 2. The molecule has 3 aliphatic heterocycles. The molecule has 19 nitrogen and oxygen atoms in total. The van der Waals surface area contributed by atoms with Crippen molar-refractivity contribution in [1.82, 2.24) is 34.4 Å². The van der Waals surface area contributed by atoms with Crippen molar-refractivity contribution in [3.05, 3.63) is 41.6 Å². The first-order valence-electron chi connectivity index (χ1n) is 16.4. The number of ether oxygens (including phenoxy) is 4. The number of aliphatic imine (C=N–C) groups is 1. The van der Waals surface area contributed by atoms with Crippen LogP contribution in [0.1, 0.15) is 69.5 Å². The number of nitrogens with one attached hydrogen (secondary N) is 2. The first kappa shape index (κ1) is 35.3. The van der Waals surface area contributed by atoms with Gasteiger partial charge in [0.1, 0.15) is 55.5 Å². The lowest BCUT2D eigenvalue weighted by molar-refractivity contribution is -0.151. The Labute approximate surface area is 284 Å². The SMILES string of the molecule is C=C1NC=Nc2c1ncn2[C@H]1O[C@@H](COC(=O)CCCCCCCCC(=O)OC[C@@H]2O[C@H](n3cnc4c(=O)[nH]cnc43)[C@@H](O)[C@H]2O)[C@H](O)[C@@H]1O. The number of aromatic nitrogens is 6. The lowest BCUT2D eigenvalue weighted by Gasteiger charge is -2.19. The Bertz CT molecular complexity index is 1770. The molecule has 0 radical (unpaired) electrons. The molecule has 2 fully saturated rings. The van der Waals surface area contributed by atoms with E-state index in [1.165, 1.54) is 34.5 Å². The minimum atomic E-state index is -1.36. The van der Waals surface area contributed by atoms with Crippen LogP contribution in [0.5, 0.6) is 0 Å². The van der Waals surface area contributed by atoms with Gasteiger partial charge in [-0.05, 0) is 12.8 Å². The van der Waals surface area contributed by atoms with Crippen LogP contribution in [0.25, 0.3) is 16.9 Å². The summed E-state index contributed by atoms with van der Waals surface area (Å²) in [6.07, 6.45) is 1.01. The zero-order valence-electron chi connectivity index (χ0n) is 27.0. The van der Waals surface area contributed by atoms with E-state index in [0.29, 0.717) is 30.1 Å². The molecular formula is C31H40N8O11. The van der Waals surface area contributed by atoms with E-state index in [9.17, 15) is 34.8 Å². The molecule has 0 spiro atoms. The Kier molecular flexibility index (Phi) is 11.0. The smallest absolute Gasteiger partial charge is 0.305 e. The summed E-state index contributed by atoms with van der Waals surface area (Å²) >= 11 is 0. The third kappa shape index (κ3) is 7.47. The molecule has 0 aromatic carbocycles. The summed E-state index contributed by atoms with van der Waals surface area (Å²) in [4.78, 5) is 55.4. The predicted octanol–water partition coefficient (Wildman–Crippen LogP) is -0.304. The average molecular weight is 701 g/mol. The minimum Gasteiger partial charge on any atom is -0.463 e. The van der Waals surface area contributed by atoms with Gasteiger partial charge in [0.2, 0.25) is 0 Å². The van der Waals surface area contributed by atoms with Gasteiger partial charge in [0.25, 0.3) is 5.56 Å². The molecule has 0 bridgehead atoms. The van der Waals surface area contributed by atoms with Gasteiger partial charge in [-0.25, -0.2) is 19.9 Å². The van der Waals surface area contributed by atoms with Gasteiger partial charge in [-0.15, -0.1) is 0 Å². The number of fused-ring (bicyclic) bond motifs is 2. The van der Waals surface area contributed by atoms with Gasteiger partial charge in [0.15, 0.2) is 29.4 Å². The van der Waals surface area contributed by atoms with Gasteiger partial charge in [0, 0.05) is 12.8 Å². The summed E-state index contributed by atoms with van der Waals surface area (Å²) in [7, 11) is 0. The Hall–Kier alpha value is -4.53. The van der Waals surface area contributed by atoms with Crippen molar-refractivity contribution < 1.29 is 49.0 Å². The number of carbonyl (C=O) groups is 2. The van der Waals surface area contributed by atoms with Crippen molar-refractivity contribution in [3.63, 3.8) is 0 Å². The lowest BCUT2D eigenvalue weighted by atomic mass is 10.1. The van der Waals surface area contributed by atoms with Crippen LogP contribution in [-0.2, 0) is 28.5 Å². The van der Waals surface area contributed by atoms with E-state index in [2.05, 4.69) is 36.8 Å². The molecule has 270 valence electrons. The maximum Gasteiger partial charge on any atom is 0.305 e. The summed E-state index contributed by atoms with van der Waals surface area (Å²) in [5.74, 6) is -0.470. The highest BCUT2D eigenvalue weighted by atomic mass is 16.6. The average Bonchev–Trinajstić information content (AvgIpc) is 3.86. The van der Waals surface area contributed by atoms with E-state index in [-0.39, 0.29) is 37.2 Å². The second kappa shape index (κ2) is 15.6. The molecule has 3 aromatic heterocycles. The number of carbonyl (C=O) groups excluding carboxylic acids is 2. The number of nitrogens with zero attached hydrogens (tertiary/aromatic N) is 6. The standard InChI is InChI=1S/C31H40N8O11/c1-16-21-27(33-12-32-16)38(14-36-21)30-25(44)23(42)17(49-30)10-47-19(40)8-6-4-2-3-5-7-9-20(41)48-11-18-24(43)26(45)31(50-18)39-15-37-22-28(39)34-13-35-29(22)46/h12-15,17-18,23-26,30-31,42-45H,1-11H2,(H,32,33)(H,34,35,46)/t17-,18-,23-,24-,25-,26-,30-,31-/m0/s1. The van der Waals surface area contributed by atoms with Gasteiger partial charge >= 0.3 is 11.9 Å². The molecular weight excluding hydrogens is 660 g/mol. The maximum atomic E-state index is 12.3. The van der Waals surface area contributed by atoms with Crippen LogP contribution >= 0.6 is 0 Å². The number of unbranched alkanes of at least 4 members (excludes halogenated alkanes) is 5. The Morgan fingerprint density at radius 1 is 0.800 bits per heavy atom. The van der Waals surface area contributed by atoms with Crippen LogP contribution in [0.3, 0.4) is 0 Å². The van der Waals surface area contributed by atoms with Gasteiger partial charge < -0.3 is 49.7 Å². The van der Waals surface area contributed by atoms with Crippen molar-refractivity contribution in [1.29, 1.82) is 0 Å². The van der Waals surface area contributed by atoms with Gasteiger partial charge in [0.05, 0.1) is 31.0 Å². The largest absolute Gasteiger partial charge is 0.463 e. The number of H-pyrrole nitrogens is 1. The van der Waals surface area contributed by atoms with E-state index >= 15 is 0 Å². The number of hydrogen-bond donors (Lipinski definition) is 6. The molecule has 0 aliphatic carbocycles. The fourth-order valence-electron chi connectivity index (χ4n) is 6.10. The van der Waals surface area contributed by atoms with Crippen molar-refractivity contribution in [2.45, 2.75) is 100 Å². The zero-order valence-corrected chi connectivity index (χ0v) is 27.0. The fourth-order valence-corrected chi connectivity index (χ4v) is 6.10. The highest BCUT2D eigenvalue weighted by Crippen LogP contribution is 2.36. The van der Waals surface area contributed by atoms with E-state index in [0.717, 1.165) is 25.7 Å². The summed E-state index contributed by atoms with van der Waals surface area (Å²) < 4.78 is 25.0. The first-order valence-corrected chi connectivity index (χ1v) is 16.4. The topological polar surface area (TPSA) is 258 Å². The number of hydrogen-bond acceptors (Lipinski definition) is 16. The minimum absolute atomic E-state index is 0.0606. The van der Waals surface area contributed by atoms with E-state index in [4.69, 9.17) is 18.9 Å². The summed E-state index contributed by atoms with van der Waals surface area (Å²) in [6.45, 7) is 3.38. The third-order valence-electron chi connectivity index (χ3n) is 8.90. The van der Waals surface area contributed by atoms with Gasteiger partial charge in [-0.1, -0.05) is 32.3 Å². The Morgan fingerprint density at radius 3 is 1.98 bits per heavy atom. The monoisotopic (exact) mass is 700 g/mol. The highest BCUT2D eigenvalue weighted by molar-refractivity contribution is 5.83. The molecule has 50 heavy (non-hydrogen) atoms. The molecule has 2 saturated heterocycles. The van der Waals surface area contributed by atoms with Crippen molar-refractivity contribution in [2.24, 2.45) is 4.99 Å². The molecule has 3 aliphatic rings. The molecule has 6 N–H and O–H groups in total. The van der Waals surface area contributed by atoms with Crippen molar-refractivity contribution >= 4 is 41.0 Å². The van der Waals surface area contributed by atoms with Crippen LogP contribution in [0.15, 0.2) is 35.3 Å². The van der Waals surface area contributed by atoms with Crippen LogP contribution in [-0.4, -0.2) is 118 Å². The Balaban J connectivity index is 0.814. The second-order valence-corrected chi connectivity index (χ2v) is 12.3. The predicted molar refractivity (Wildman–Crippen MR) is 171 cm³/mol.